The predicted octanol–water partition coefficient (Wildman–Crippen LogP) is 3.90. The summed E-state index contributed by atoms with van der Waals surface area (Å²) < 4.78 is 1.58. The van der Waals surface area contributed by atoms with Crippen molar-refractivity contribution in [3.63, 3.8) is 0 Å². The fourth-order valence-electron chi connectivity index (χ4n) is 2.86. The van der Waals surface area contributed by atoms with Crippen LogP contribution in [-0.2, 0) is 0 Å². The van der Waals surface area contributed by atoms with Gasteiger partial charge in [0.05, 0.1) is 12.2 Å². The van der Waals surface area contributed by atoms with Gasteiger partial charge in [0, 0.05) is 17.4 Å². The number of halogens is 1. The maximum Gasteiger partial charge on any atom is 0.257 e. The third-order valence-electron chi connectivity index (χ3n) is 4.14. The molecule has 1 unspecified atom stereocenters. The van der Waals surface area contributed by atoms with E-state index in [1.54, 1.807) is 23.0 Å². The highest BCUT2D eigenvalue weighted by molar-refractivity contribution is 6.30. The molecule has 0 spiro atoms. The lowest BCUT2D eigenvalue weighted by Gasteiger charge is -2.19. The standard InChI is InChI=1S/C20H15ClN4O/c21-16-9-7-15(8-10-16)18(14-5-2-1-3-6-14)24-20(26)17-13-23-25-12-4-11-22-19(17)25/h1-13,18H,(H,24,26). The predicted molar refractivity (Wildman–Crippen MR) is 100 cm³/mol. The van der Waals surface area contributed by atoms with Gasteiger partial charge in [0.25, 0.3) is 5.91 Å². The van der Waals surface area contributed by atoms with Crippen LogP contribution in [-0.4, -0.2) is 20.5 Å². The summed E-state index contributed by atoms with van der Waals surface area (Å²) in [7, 11) is 0. The first-order chi connectivity index (χ1) is 12.7. The molecule has 2 aromatic carbocycles. The number of amides is 1. The lowest BCUT2D eigenvalue weighted by atomic mass is 9.98. The van der Waals surface area contributed by atoms with Crippen molar-refractivity contribution in [2.45, 2.75) is 6.04 Å². The second-order valence-electron chi connectivity index (χ2n) is 5.81. The van der Waals surface area contributed by atoms with E-state index >= 15 is 0 Å². The van der Waals surface area contributed by atoms with Crippen LogP contribution in [0.4, 0.5) is 0 Å². The number of carbonyl (C=O) groups excluding carboxylic acids is 1. The van der Waals surface area contributed by atoms with Crippen molar-refractivity contribution in [2.24, 2.45) is 0 Å². The van der Waals surface area contributed by atoms with Crippen molar-refractivity contribution in [3.8, 4) is 0 Å². The third kappa shape index (κ3) is 3.17. The van der Waals surface area contributed by atoms with Gasteiger partial charge >= 0.3 is 0 Å². The number of benzene rings is 2. The first-order valence-electron chi connectivity index (χ1n) is 8.12. The Kier molecular flexibility index (Phi) is 4.37. The zero-order valence-corrected chi connectivity index (χ0v) is 14.5. The normalized spacial score (nSPS) is 12.0. The highest BCUT2D eigenvalue weighted by Gasteiger charge is 2.20. The number of hydrogen-bond acceptors (Lipinski definition) is 3. The van der Waals surface area contributed by atoms with Gasteiger partial charge in [-0.25, -0.2) is 9.50 Å². The average Bonchev–Trinajstić information content (AvgIpc) is 3.12. The molecule has 128 valence electrons. The highest BCUT2D eigenvalue weighted by atomic mass is 35.5. The molecule has 0 bridgehead atoms. The molecule has 0 aliphatic heterocycles. The molecule has 26 heavy (non-hydrogen) atoms. The minimum absolute atomic E-state index is 0.234. The molecule has 6 heteroatoms. The molecule has 1 atom stereocenters. The first-order valence-corrected chi connectivity index (χ1v) is 8.50. The van der Waals surface area contributed by atoms with E-state index in [9.17, 15) is 4.79 Å². The van der Waals surface area contributed by atoms with Gasteiger partial charge in [-0.3, -0.25) is 4.79 Å². The van der Waals surface area contributed by atoms with Crippen molar-refractivity contribution < 1.29 is 4.79 Å². The molecule has 0 aliphatic rings. The third-order valence-corrected chi connectivity index (χ3v) is 4.39. The summed E-state index contributed by atoms with van der Waals surface area (Å²) in [5, 5.41) is 7.92. The van der Waals surface area contributed by atoms with Gasteiger partial charge in [-0.15, -0.1) is 0 Å². The Morgan fingerprint density at radius 2 is 1.73 bits per heavy atom. The molecule has 0 saturated carbocycles. The number of nitrogens with one attached hydrogen (secondary N) is 1. The molecule has 0 fully saturated rings. The van der Waals surface area contributed by atoms with Crippen molar-refractivity contribution >= 4 is 23.2 Å². The Morgan fingerprint density at radius 3 is 2.50 bits per heavy atom. The second kappa shape index (κ2) is 6.98. The smallest absolute Gasteiger partial charge is 0.257 e. The molecule has 1 amide bonds. The number of hydrogen-bond donors (Lipinski definition) is 1. The van der Waals surface area contributed by atoms with Gasteiger partial charge in [-0.2, -0.15) is 5.10 Å². The summed E-state index contributed by atoms with van der Waals surface area (Å²) >= 11 is 6.01. The molecule has 0 aliphatic carbocycles. The van der Waals surface area contributed by atoms with E-state index in [1.165, 1.54) is 6.20 Å². The van der Waals surface area contributed by atoms with Crippen molar-refractivity contribution in [1.29, 1.82) is 0 Å². The van der Waals surface area contributed by atoms with Crippen LogP contribution in [0.5, 0.6) is 0 Å². The van der Waals surface area contributed by atoms with E-state index in [2.05, 4.69) is 15.4 Å². The average molecular weight is 363 g/mol. The quantitative estimate of drug-likeness (QED) is 0.599. The van der Waals surface area contributed by atoms with Crippen LogP contribution in [0, 0.1) is 0 Å². The number of fused-ring (bicyclic) bond motifs is 1. The van der Waals surface area contributed by atoms with Crippen molar-refractivity contribution in [3.05, 3.63) is 101 Å². The lowest BCUT2D eigenvalue weighted by molar-refractivity contribution is 0.0944. The fourth-order valence-corrected chi connectivity index (χ4v) is 2.98. The SMILES string of the molecule is O=C(NC(c1ccccc1)c1ccc(Cl)cc1)c1cnn2cccnc12. The zero-order chi connectivity index (χ0) is 17.9. The number of nitrogens with zero attached hydrogens (tertiary/aromatic N) is 3. The first kappa shape index (κ1) is 16.3. The maximum atomic E-state index is 12.9. The van der Waals surface area contributed by atoms with Gasteiger partial charge in [-0.1, -0.05) is 54.1 Å². The largest absolute Gasteiger partial charge is 0.341 e. The summed E-state index contributed by atoms with van der Waals surface area (Å²) in [6.07, 6.45) is 4.93. The maximum absolute atomic E-state index is 12.9. The van der Waals surface area contributed by atoms with Crippen LogP contribution in [0.15, 0.2) is 79.3 Å². The molecule has 0 radical (unpaired) electrons. The van der Waals surface area contributed by atoms with Crippen LogP contribution in [0.3, 0.4) is 0 Å². The molecule has 4 rings (SSSR count). The Balaban J connectivity index is 1.70. The van der Waals surface area contributed by atoms with Gasteiger partial charge in [0.15, 0.2) is 5.65 Å². The summed E-state index contributed by atoms with van der Waals surface area (Å²) in [6, 6.07) is 18.7. The monoisotopic (exact) mass is 362 g/mol. The van der Waals surface area contributed by atoms with Gasteiger partial charge in [0.1, 0.15) is 5.56 Å². The Labute approximate surface area is 155 Å². The van der Waals surface area contributed by atoms with Crippen LogP contribution in [0.2, 0.25) is 5.02 Å². The van der Waals surface area contributed by atoms with E-state index in [-0.39, 0.29) is 11.9 Å². The molecular weight excluding hydrogens is 348 g/mol. The van der Waals surface area contributed by atoms with E-state index in [1.807, 2.05) is 54.6 Å². The van der Waals surface area contributed by atoms with Crippen LogP contribution < -0.4 is 5.32 Å². The van der Waals surface area contributed by atoms with Crippen LogP contribution >= 0.6 is 11.6 Å². The minimum Gasteiger partial charge on any atom is -0.341 e. The summed E-state index contributed by atoms with van der Waals surface area (Å²) in [5.74, 6) is -0.234. The molecular formula is C20H15ClN4O. The number of carbonyl (C=O) groups is 1. The summed E-state index contributed by atoms with van der Waals surface area (Å²) in [4.78, 5) is 17.2. The van der Waals surface area contributed by atoms with Gasteiger partial charge in [-0.05, 0) is 29.3 Å². The Hall–Kier alpha value is -3.18. The molecule has 4 aromatic rings. The van der Waals surface area contributed by atoms with Crippen molar-refractivity contribution in [1.82, 2.24) is 19.9 Å². The molecule has 2 heterocycles. The topological polar surface area (TPSA) is 59.3 Å². The molecule has 1 N–H and O–H groups in total. The van der Waals surface area contributed by atoms with Gasteiger partial charge in [0.2, 0.25) is 0 Å². The zero-order valence-electron chi connectivity index (χ0n) is 13.7. The number of aromatic nitrogens is 3. The molecule has 2 aromatic heterocycles. The highest BCUT2D eigenvalue weighted by Crippen LogP contribution is 2.24. The van der Waals surface area contributed by atoms with E-state index in [0.717, 1.165) is 11.1 Å². The summed E-state index contributed by atoms with van der Waals surface area (Å²) in [6.45, 7) is 0. The van der Waals surface area contributed by atoms with E-state index in [0.29, 0.717) is 16.2 Å². The number of rotatable bonds is 4. The minimum atomic E-state index is -0.306. The van der Waals surface area contributed by atoms with Crippen LogP contribution in [0.25, 0.3) is 5.65 Å². The fraction of sp³-hybridized carbons (Fsp3) is 0.0500. The Morgan fingerprint density at radius 1 is 1.00 bits per heavy atom. The lowest BCUT2D eigenvalue weighted by Crippen LogP contribution is -2.29. The molecule has 0 saturated heterocycles. The Bertz CT molecular complexity index is 1040. The van der Waals surface area contributed by atoms with E-state index in [4.69, 9.17) is 11.6 Å². The summed E-state index contributed by atoms with van der Waals surface area (Å²) in [5.41, 5.74) is 2.87. The molecule has 5 nitrogen and oxygen atoms in total. The van der Waals surface area contributed by atoms with E-state index < -0.39 is 0 Å². The van der Waals surface area contributed by atoms with Crippen LogP contribution in [0.1, 0.15) is 27.5 Å². The van der Waals surface area contributed by atoms with Gasteiger partial charge < -0.3 is 5.32 Å². The second-order valence-corrected chi connectivity index (χ2v) is 6.25. The van der Waals surface area contributed by atoms with Crippen molar-refractivity contribution in [2.75, 3.05) is 0 Å².